The molecule has 0 heterocycles. The first-order valence-electron chi connectivity index (χ1n) is 20.5. The topological polar surface area (TPSA) is 120 Å². The summed E-state index contributed by atoms with van der Waals surface area (Å²) in [6.07, 6.45) is 47.8. The number of allylic oxidation sites excluding steroid dienone is 14. The fourth-order valence-corrected chi connectivity index (χ4v) is 5.66. The molecule has 0 amide bonds. The number of carbonyl (C=O) groups is 2. The van der Waals surface area contributed by atoms with Crippen LogP contribution in [0.3, 0.4) is 0 Å². The van der Waals surface area contributed by atoms with Gasteiger partial charge in [-0.05, 0) is 90.5 Å². The number of rotatable bonds is 37. The van der Waals surface area contributed by atoms with E-state index in [0.717, 1.165) is 57.8 Å². The van der Waals surface area contributed by atoms with E-state index in [-0.39, 0.29) is 26.1 Å². The Hall–Kier alpha value is -2.81. The van der Waals surface area contributed by atoms with Crippen LogP contribution < -0.4 is 5.32 Å². The molecule has 2 unspecified atom stereocenters. The van der Waals surface area contributed by atoms with Gasteiger partial charge < -0.3 is 19.7 Å². The Morgan fingerprint density at radius 1 is 0.593 bits per heavy atom. The lowest BCUT2D eigenvalue weighted by Crippen LogP contribution is -2.29. The average molecular weight is 776 g/mol. The quantitative estimate of drug-likeness (QED) is 0.0275. The summed E-state index contributed by atoms with van der Waals surface area (Å²) in [6, 6.07) is 0. The van der Waals surface area contributed by atoms with Crippen molar-refractivity contribution < 1.29 is 37.6 Å². The van der Waals surface area contributed by atoms with Crippen LogP contribution in [0.5, 0.6) is 0 Å². The highest BCUT2D eigenvalue weighted by Crippen LogP contribution is 2.43. The first-order chi connectivity index (χ1) is 26.3. The van der Waals surface area contributed by atoms with E-state index >= 15 is 0 Å². The van der Waals surface area contributed by atoms with Gasteiger partial charge in [0.2, 0.25) is 0 Å². The summed E-state index contributed by atoms with van der Waals surface area (Å²) in [6.45, 7) is 3.97. The van der Waals surface area contributed by atoms with Gasteiger partial charge in [-0.15, -0.1) is 0 Å². The van der Waals surface area contributed by atoms with Crippen molar-refractivity contribution in [2.24, 2.45) is 0 Å². The Bertz CT molecular complexity index is 1160. The van der Waals surface area contributed by atoms with Gasteiger partial charge in [0.15, 0.2) is 6.10 Å². The highest BCUT2D eigenvalue weighted by atomic mass is 31.2. The van der Waals surface area contributed by atoms with Gasteiger partial charge in [-0.1, -0.05) is 131 Å². The second-order valence-corrected chi connectivity index (χ2v) is 14.5. The van der Waals surface area contributed by atoms with E-state index in [0.29, 0.717) is 25.8 Å². The molecule has 308 valence electrons. The summed E-state index contributed by atoms with van der Waals surface area (Å²) in [5.74, 6) is -0.926. The predicted octanol–water partition coefficient (Wildman–Crippen LogP) is 11.5. The van der Waals surface area contributed by atoms with Gasteiger partial charge in [-0.3, -0.25) is 18.6 Å². The monoisotopic (exact) mass is 776 g/mol. The molecule has 0 aromatic carbocycles. The molecule has 9 nitrogen and oxygen atoms in total. The summed E-state index contributed by atoms with van der Waals surface area (Å²) < 4.78 is 33.0. The van der Waals surface area contributed by atoms with Crippen molar-refractivity contribution >= 4 is 19.8 Å². The first-order valence-corrected chi connectivity index (χ1v) is 22.0. The zero-order valence-electron chi connectivity index (χ0n) is 33.9. The molecule has 2 atom stereocenters. The van der Waals surface area contributed by atoms with Crippen LogP contribution in [-0.4, -0.2) is 56.3 Å². The molecule has 0 aliphatic carbocycles. The van der Waals surface area contributed by atoms with Crippen molar-refractivity contribution in [3.8, 4) is 0 Å². The van der Waals surface area contributed by atoms with Crippen molar-refractivity contribution in [2.45, 2.75) is 148 Å². The van der Waals surface area contributed by atoms with Gasteiger partial charge in [-0.25, -0.2) is 4.57 Å². The highest BCUT2D eigenvalue weighted by Gasteiger charge is 2.26. The maximum Gasteiger partial charge on any atom is 0.472 e. The van der Waals surface area contributed by atoms with E-state index in [2.05, 4.69) is 98.2 Å². The zero-order valence-corrected chi connectivity index (χ0v) is 34.8. The molecular weight excluding hydrogens is 701 g/mol. The number of hydrogen-bond donors (Lipinski definition) is 2. The number of hydrogen-bond acceptors (Lipinski definition) is 8. The number of nitrogens with one attached hydrogen (secondary N) is 1. The smallest absolute Gasteiger partial charge is 0.462 e. The largest absolute Gasteiger partial charge is 0.472 e. The number of unbranched alkanes of at least 4 members (excludes halogenated alkanes) is 9. The Labute approximate surface area is 328 Å². The molecule has 0 aromatic rings. The molecule has 0 aromatic heterocycles. The standard InChI is InChI=1S/C44H74NO8P/c1-4-6-8-10-12-14-16-18-20-21-23-25-27-29-31-33-35-37-44(47)53-42(41-52-54(48,49)51-39-38-45-3)40-50-43(46)36-34-32-30-28-26-24-22-19-17-15-13-11-9-7-5-2/h7,9,13,15,18-20,22-23,25-26,28-29,31,42,45H,4-6,8,10-12,14,16-17,21,24,27,30,32-41H2,1-3H3,(H,48,49)/b9-7-,15-13-,20-18-,22-19-,25-23-,28-26-,31-29-. The number of phosphoric ester groups is 1. The van der Waals surface area contributed by atoms with E-state index < -0.39 is 32.5 Å². The van der Waals surface area contributed by atoms with Crippen molar-refractivity contribution in [1.29, 1.82) is 0 Å². The predicted molar refractivity (Wildman–Crippen MR) is 224 cm³/mol. The van der Waals surface area contributed by atoms with Crippen LogP contribution in [0, 0.1) is 0 Å². The normalized spacial score (nSPS) is 14.2. The molecule has 0 aliphatic rings. The van der Waals surface area contributed by atoms with Gasteiger partial charge in [0.05, 0.1) is 13.2 Å². The third-order valence-electron chi connectivity index (χ3n) is 8.00. The van der Waals surface area contributed by atoms with E-state index in [9.17, 15) is 19.0 Å². The average Bonchev–Trinajstić information content (AvgIpc) is 3.15. The fourth-order valence-electron chi connectivity index (χ4n) is 4.91. The number of phosphoric acid groups is 1. The molecule has 0 saturated carbocycles. The molecule has 0 radical (unpaired) electrons. The number of ether oxygens (including phenoxy) is 2. The van der Waals surface area contributed by atoms with Crippen LogP contribution in [0.15, 0.2) is 85.1 Å². The second kappa shape index (κ2) is 39.9. The van der Waals surface area contributed by atoms with Gasteiger partial charge in [0, 0.05) is 19.4 Å². The summed E-state index contributed by atoms with van der Waals surface area (Å²) in [5.41, 5.74) is 0. The SMILES string of the molecule is CC/C=C\C/C=C\C/C=C\C/C=C\CCCCC(=O)OCC(COP(=O)(O)OCCNC)OC(=O)CCC/C=C\C/C=C\C/C=C\CCCCCCCC. The number of carbonyl (C=O) groups excluding carboxylic acids is 2. The fraction of sp³-hybridized carbons (Fsp3) is 0.636. The molecule has 0 aliphatic heterocycles. The summed E-state index contributed by atoms with van der Waals surface area (Å²) in [7, 11) is -2.69. The molecule has 10 heteroatoms. The maximum absolute atomic E-state index is 12.6. The molecule has 0 fully saturated rings. The minimum Gasteiger partial charge on any atom is -0.462 e. The van der Waals surface area contributed by atoms with Gasteiger partial charge >= 0.3 is 19.8 Å². The Balaban J connectivity index is 4.44. The molecule has 2 N–H and O–H groups in total. The van der Waals surface area contributed by atoms with Crippen molar-refractivity contribution in [1.82, 2.24) is 5.32 Å². The highest BCUT2D eigenvalue weighted by molar-refractivity contribution is 7.47. The number of esters is 2. The van der Waals surface area contributed by atoms with Crippen molar-refractivity contribution in [3.05, 3.63) is 85.1 Å². The van der Waals surface area contributed by atoms with E-state index in [1.165, 1.54) is 38.5 Å². The maximum atomic E-state index is 12.6. The minimum atomic E-state index is -4.37. The molecule has 0 saturated heterocycles. The van der Waals surface area contributed by atoms with Crippen LogP contribution in [0.4, 0.5) is 0 Å². The minimum absolute atomic E-state index is 0.0374. The summed E-state index contributed by atoms with van der Waals surface area (Å²) in [5, 5.41) is 2.81. The van der Waals surface area contributed by atoms with Crippen molar-refractivity contribution in [2.75, 3.05) is 33.4 Å². The lowest BCUT2D eigenvalue weighted by Gasteiger charge is -2.20. The van der Waals surface area contributed by atoms with E-state index in [1.807, 2.05) is 6.08 Å². The van der Waals surface area contributed by atoms with Crippen LogP contribution >= 0.6 is 7.82 Å². The second-order valence-electron chi connectivity index (χ2n) is 13.1. The molecule has 0 bridgehead atoms. The molecule has 0 rings (SSSR count). The molecule has 54 heavy (non-hydrogen) atoms. The van der Waals surface area contributed by atoms with Crippen LogP contribution in [-0.2, 0) is 32.7 Å². The third kappa shape index (κ3) is 38.9. The molecule has 0 spiro atoms. The molecular formula is C44H74NO8P. The Kier molecular flexibility index (Phi) is 37.8. The zero-order chi connectivity index (χ0) is 39.6. The summed E-state index contributed by atoms with van der Waals surface area (Å²) >= 11 is 0. The third-order valence-corrected chi connectivity index (χ3v) is 8.98. The van der Waals surface area contributed by atoms with Crippen LogP contribution in [0.1, 0.15) is 142 Å². The van der Waals surface area contributed by atoms with E-state index in [4.69, 9.17) is 18.5 Å². The Morgan fingerprint density at radius 3 is 1.63 bits per heavy atom. The Morgan fingerprint density at radius 2 is 1.07 bits per heavy atom. The number of likely N-dealkylation sites (N-methyl/N-ethyl adjacent to an activating group) is 1. The van der Waals surface area contributed by atoms with Crippen molar-refractivity contribution in [3.63, 3.8) is 0 Å². The lowest BCUT2D eigenvalue weighted by molar-refractivity contribution is -0.161. The summed E-state index contributed by atoms with van der Waals surface area (Å²) in [4.78, 5) is 34.9. The van der Waals surface area contributed by atoms with Gasteiger partial charge in [0.25, 0.3) is 0 Å². The lowest BCUT2D eigenvalue weighted by atomic mass is 10.1. The van der Waals surface area contributed by atoms with Gasteiger partial charge in [-0.2, -0.15) is 0 Å². The van der Waals surface area contributed by atoms with Crippen LogP contribution in [0.25, 0.3) is 0 Å². The van der Waals surface area contributed by atoms with Gasteiger partial charge in [0.1, 0.15) is 6.61 Å². The first kappa shape index (κ1) is 51.2. The van der Waals surface area contributed by atoms with E-state index in [1.54, 1.807) is 7.05 Å². The van der Waals surface area contributed by atoms with Crippen LogP contribution in [0.2, 0.25) is 0 Å².